The number of nitrogens with zero attached hydrogens (tertiary/aromatic N) is 2. The van der Waals surface area contributed by atoms with Crippen LogP contribution in [-0.2, 0) is 22.4 Å². The van der Waals surface area contributed by atoms with Gasteiger partial charge in [-0.15, -0.1) is 11.3 Å². The van der Waals surface area contributed by atoms with E-state index in [1.165, 1.54) is 5.56 Å². The highest BCUT2D eigenvalue weighted by molar-refractivity contribution is 7.13. The third-order valence-corrected chi connectivity index (χ3v) is 5.65. The van der Waals surface area contributed by atoms with Gasteiger partial charge in [-0.3, -0.25) is 9.78 Å². The molecule has 1 aliphatic heterocycles. The molecule has 6 heteroatoms. The van der Waals surface area contributed by atoms with Crippen LogP contribution in [0, 0.1) is 5.92 Å². The van der Waals surface area contributed by atoms with Crippen LogP contribution in [0.2, 0.25) is 0 Å². The molecular weight excluding hydrogens is 358 g/mol. The second-order valence-corrected chi connectivity index (χ2v) is 7.58. The molecule has 1 aliphatic rings. The standard InChI is InChI=1S/C21H21N3O2S/c25-20(11-18-14-27-21(23-18)16-4-2-1-3-5-16)24-19-13-26-12-17(19)10-15-6-8-22-9-7-15/h1-9,14,17,19H,10-13H2,(H,24,25)/t17-,19-/m1/s1. The van der Waals surface area contributed by atoms with E-state index < -0.39 is 0 Å². The Balaban J connectivity index is 1.34. The number of hydrogen-bond acceptors (Lipinski definition) is 5. The fraction of sp³-hybridized carbons (Fsp3) is 0.286. The Kier molecular flexibility index (Phi) is 5.55. The fourth-order valence-electron chi connectivity index (χ4n) is 3.30. The first kappa shape index (κ1) is 17.8. The van der Waals surface area contributed by atoms with E-state index in [0.29, 0.717) is 19.6 Å². The molecule has 1 saturated heterocycles. The third kappa shape index (κ3) is 4.59. The molecule has 3 heterocycles. The number of thiazole rings is 1. The van der Waals surface area contributed by atoms with Crippen molar-refractivity contribution < 1.29 is 9.53 Å². The van der Waals surface area contributed by atoms with Gasteiger partial charge in [0.1, 0.15) is 5.01 Å². The molecule has 27 heavy (non-hydrogen) atoms. The first-order valence-electron chi connectivity index (χ1n) is 9.04. The summed E-state index contributed by atoms with van der Waals surface area (Å²) in [4.78, 5) is 21.2. The Hall–Kier alpha value is -2.57. The van der Waals surface area contributed by atoms with Crippen LogP contribution in [0.1, 0.15) is 11.3 Å². The topological polar surface area (TPSA) is 64.1 Å². The maximum atomic E-state index is 12.5. The highest BCUT2D eigenvalue weighted by atomic mass is 32.1. The highest BCUT2D eigenvalue weighted by Gasteiger charge is 2.29. The summed E-state index contributed by atoms with van der Waals surface area (Å²) in [5.41, 5.74) is 3.10. The molecule has 138 valence electrons. The Morgan fingerprint density at radius 1 is 1.15 bits per heavy atom. The van der Waals surface area contributed by atoms with E-state index in [9.17, 15) is 4.79 Å². The molecule has 0 unspecified atom stereocenters. The van der Waals surface area contributed by atoms with Crippen molar-refractivity contribution in [3.63, 3.8) is 0 Å². The lowest BCUT2D eigenvalue weighted by atomic mass is 9.95. The van der Waals surface area contributed by atoms with Crippen molar-refractivity contribution in [2.24, 2.45) is 5.92 Å². The van der Waals surface area contributed by atoms with Gasteiger partial charge < -0.3 is 10.1 Å². The Morgan fingerprint density at radius 2 is 1.96 bits per heavy atom. The predicted octanol–water partition coefficient (Wildman–Crippen LogP) is 3.12. The number of carbonyl (C=O) groups excluding carboxylic acids is 1. The molecule has 5 nitrogen and oxygen atoms in total. The number of hydrogen-bond donors (Lipinski definition) is 1. The van der Waals surface area contributed by atoms with Crippen molar-refractivity contribution in [2.75, 3.05) is 13.2 Å². The molecule has 0 saturated carbocycles. The van der Waals surface area contributed by atoms with Crippen LogP contribution in [0.15, 0.2) is 60.2 Å². The molecule has 0 bridgehead atoms. The van der Waals surface area contributed by atoms with Gasteiger partial charge in [-0.1, -0.05) is 30.3 Å². The molecule has 1 aromatic carbocycles. The number of amides is 1. The summed E-state index contributed by atoms with van der Waals surface area (Å²) in [6.07, 6.45) is 4.76. The summed E-state index contributed by atoms with van der Waals surface area (Å²) in [5, 5.41) is 6.03. The Morgan fingerprint density at radius 3 is 2.78 bits per heavy atom. The Bertz CT molecular complexity index is 883. The lowest BCUT2D eigenvalue weighted by Gasteiger charge is -2.19. The number of rotatable bonds is 6. The van der Waals surface area contributed by atoms with Gasteiger partial charge in [0.05, 0.1) is 31.4 Å². The maximum absolute atomic E-state index is 12.5. The molecule has 2 aromatic heterocycles. The normalized spacial score (nSPS) is 19.1. The average Bonchev–Trinajstić information content (AvgIpc) is 3.33. The largest absolute Gasteiger partial charge is 0.379 e. The minimum absolute atomic E-state index is 0.00450. The molecule has 0 aliphatic carbocycles. The van der Waals surface area contributed by atoms with Gasteiger partial charge in [0.2, 0.25) is 5.91 Å². The van der Waals surface area contributed by atoms with Gasteiger partial charge in [0.15, 0.2) is 0 Å². The number of aromatic nitrogens is 2. The zero-order valence-electron chi connectivity index (χ0n) is 14.9. The van der Waals surface area contributed by atoms with Crippen molar-refractivity contribution in [1.29, 1.82) is 0 Å². The number of nitrogens with one attached hydrogen (secondary N) is 1. The minimum atomic E-state index is -0.00450. The van der Waals surface area contributed by atoms with E-state index in [2.05, 4.69) is 15.3 Å². The number of benzene rings is 1. The second kappa shape index (κ2) is 8.41. The molecular formula is C21H21N3O2S. The summed E-state index contributed by atoms with van der Waals surface area (Å²) in [7, 11) is 0. The average molecular weight is 379 g/mol. The predicted molar refractivity (Wildman–Crippen MR) is 105 cm³/mol. The molecule has 0 spiro atoms. The number of ether oxygens (including phenoxy) is 1. The van der Waals surface area contributed by atoms with E-state index in [1.807, 2.05) is 47.8 Å². The molecule has 2 atom stereocenters. The van der Waals surface area contributed by atoms with Gasteiger partial charge in [-0.2, -0.15) is 0 Å². The van der Waals surface area contributed by atoms with Crippen LogP contribution in [0.25, 0.3) is 10.6 Å². The van der Waals surface area contributed by atoms with Gasteiger partial charge in [-0.25, -0.2) is 4.98 Å². The van der Waals surface area contributed by atoms with Gasteiger partial charge >= 0.3 is 0 Å². The summed E-state index contributed by atoms with van der Waals surface area (Å²) in [6, 6.07) is 14.1. The lowest BCUT2D eigenvalue weighted by molar-refractivity contribution is -0.121. The molecule has 4 rings (SSSR count). The summed E-state index contributed by atoms with van der Waals surface area (Å²) < 4.78 is 5.61. The smallest absolute Gasteiger partial charge is 0.226 e. The third-order valence-electron chi connectivity index (χ3n) is 4.71. The first-order chi connectivity index (χ1) is 13.3. The SMILES string of the molecule is O=C(Cc1csc(-c2ccccc2)n1)N[C@@H]1COC[C@H]1Cc1ccncc1. The maximum Gasteiger partial charge on any atom is 0.226 e. The van der Waals surface area contributed by atoms with Gasteiger partial charge in [0, 0.05) is 29.3 Å². The van der Waals surface area contributed by atoms with Crippen molar-refractivity contribution in [3.8, 4) is 10.6 Å². The number of pyridine rings is 1. The quantitative estimate of drug-likeness (QED) is 0.715. The van der Waals surface area contributed by atoms with E-state index in [0.717, 1.165) is 22.7 Å². The summed E-state index contributed by atoms with van der Waals surface area (Å²) >= 11 is 1.57. The van der Waals surface area contributed by atoms with E-state index in [-0.39, 0.29) is 17.9 Å². The lowest BCUT2D eigenvalue weighted by Crippen LogP contribution is -2.41. The molecule has 3 aromatic rings. The van der Waals surface area contributed by atoms with E-state index in [1.54, 1.807) is 23.7 Å². The Labute approximate surface area is 162 Å². The monoisotopic (exact) mass is 379 g/mol. The fourth-order valence-corrected chi connectivity index (χ4v) is 4.13. The van der Waals surface area contributed by atoms with Crippen molar-refractivity contribution in [2.45, 2.75) is 18.9 Å². The molecule has 1 fully saturated rings. The van der Waals surface area contributed by atoms with E-state index in [4.69, 9.17) is 4.74 Å². The number of carbonyl (C=O) groups is 1. The van der Waals surface area contributed by atoms with Crippen molar-refractivity contribution in [1.82, 2.24) is 15.3 Å². The molecule has 1 amide bonds. The van der Waals surface area contributed by atoms with Crippen LogP contribution in [0.3, 0.4) is 0 Å². The van der Waals surface area contributed by atoms with Gasteiger partial charge in [0.25, 0.3) is 0 Å². The highest BCUT2D eigenvalue weighted by Crippen LogP contribution is 2.24. The molecule has 1 N–H and O–H groups in total. The van der Waals surface area contributed by atoms with Gasteiger partial charge in [-0.05, 0) is 24.1 Å². The van der Waals surface area contributed by atoms with Crippen molar-refractivity contribution in [3.05, 3.63) is 71.5 Å². The first-order valence-corrected chi connectivity index (χ1v) is 9.92. The van der Waals surface area contributed by atoms with Crippen LogP contribution < -0.4 is 5.32 Å². The minimum Gasteiger partial charge on any atom is -0.379 e. The second-order valence-electron chi connectivity index (χ2n) is 6.72. The zero-order chi connectivity index (χ0) is 18.5. The van der Waals surface area contributed by atoms with Crippen LogP contribution in [-0.4, -0.2) is 35.1 Å². The zero-order valence-corrected chi connectivity index (χ0v) is 15.7. The summed E-state index contributed by atoms with van der Waals surface area (Å²) in [6.45, 7) is 1.23. The summed E-state index contributed by atoms with van der Waals surface area (Å²) in [5.74, 6) is 0.279. The van der Waals surface area contributed by atoms with E-state index >= 15 is 0 Å². The van der Waals surface area contributed by atoms with Crippen LogP contribution >= 0.6 is 11.3 Å². The molecule has 0 radical (unpaired) electrons. The van der Waals surface area contributed by atoms with Crippen molar-refractivity contribution >= 4 is 17.2 Å². The van der Waals surface area contributed by atoms with Crippen LogP contribution in [0.5, 0.6) is 0 Å². The van der Waals surface area contributed by atoms with Crippen LogP contribution in [0.4, 0.5) is 0 Å².